The highest BCUT2D eigenvalue weighted by Crippen LogP contribution is 2.16. The van der Waals surface area contributed by atoms with E-state index in [1.807, 2.05) is 24.3 Å². The summed E-state index contributed by atoms with van der Waals surface area (Å²) in [5.41, 5.74) is 8.16. The summed E-state index contributed by atoms with van der Waals surface area (Å²) in [6.07, 6.45) is 1.04. The van der Waals surface area contributed by atoms with Gasteiger partial charge in [-0.1, -0.05) is 18.2 Å². The molecule has 6 heteroatoms. The second-order valence-corrected chi connectivity index (χ2v) is 6.42. The summed E-state index contributed by atoms with van der Waals surface area (Å²) in [6.45, 7) is 2.09. The van der Waals surface area contributed by atoms with E-state index in [-0.39, 0.29) is 17.6 Å². The lowest BCUT2D eigenvalue weighted by molar-refractivity contribution is -0.132. The second-order valence-electron chi connectivity index (χ2n) is 6.42. The largest absolute Gasteiger partial charge is 0.508 e. The van der Waals surface area contributed by atoms with Crippen molar-refractivity contribution in [2.45, 2.75) is 12.8 Å². The molecule has 0 unspecified atom stereocenters. The Kier molecular flexibility index (Phi) is 5.41. The molecule has 2 aromatic carbocycles. The van der Waals surface area contributed by atoms with Crippen LogP contribution < -0.4 is 5.73 Å². The lowest BCUT2D eigenvalue weighted by Crippen LogP contribution is -2.50. The Bertz CT molecular complexity index is 781. The number of hydrogen-bond donors (Lipinski definition) is 2. The van der Waals surface area contributed by atoms with E-state index in [1.54, 1.807) is 21.9 Å². The molecule has 3 rings (SSSR count). The van der Waals surface area contributed by atoms with Crippen LogP contribution in [0.2, 0.25) is 0 Å². The number of hydrogen-bond acceptors (Lipinski definition) is 4. The molecular weight excluding hydrogens is 330 g/mol. The summed E-state index contributed by atoms with van der Waals surface area (Å²) < 4.78 is 0. The van der Waals surface area contributed by atoms with Gasteiger partial charge in [0.15, 0.2) is 0 Å². The van der Waals surface area contributed by atoms with E-state index in [0.29, 0.717) is 50.3 Å². The molecule has 0 spiro atoms. The maximum Gasteiger partial charge on any atom is 0.253 e. The number of rotatable bonds is 4. The maximum atomic E-state index is 12.5. The van der Waals surface area contributed by atoms with Gasteiger partial charge in [0.1, 0.15) is 5.75 Å². The van der Waals surface area contributed by atoms with Crippen molar-refractivity contribution in [3.63, 3.8) is 0 Å². The van der Waals surface area contributed by atoms with Crippen molar-refractivity contribution in [3.05, 3.63) is 59.7 Å². The summed E-state index contributed by atoms with van der Waals surface area (Å²) in [4.78, 5) is 28.4. The van der Waals surface area contributed by atoms with Gasteiger partial charge in [0, 0.05) is 43.9 Å². The van der Waals surface area contributed by atoms with E-state index in [4.69, 9.17) is 5.73 Å². The van der Waals surface area contributed by atoms with Crippen LogP contribution in [0.5, 0.6) is 5.75 Å². The van der Waals surface area contributed by atoms with Gasteiger partial charge in [-0.15, -0.1) is 0 Å². The molecule has 0 atom stereocenters. The third-order valence-corrected chi connectivity index (χ3v) is 4.70. The summed E-state index contributed by atoms with van der Waals surface area (Å²) in [7, 11) is 0. The first-order valence-corrected chi connectivity index (χ1v) is 8.74. The Morgan fingerprint density at radius 2 is 1.54 bits per heavy atom. The molecule has 26 heavy (non-hydrogen) atoms. The Hall–Kier alpha value is -3.02. The van der Waals surface area contributed by atoms with Crippen LogP contribution >= 0.6 is 0 Å². The van der Waals surface area contributed by atoms with Gasteiger partial charge >= 0.3 is 0 Å². The third kappa shape index (κ3) is 4.14. The predicted molar refractivity (Wildman–Crippen MR) is 99.8 cm³/mol. The second kappa shape index (κ2) is 7.91. The number of nitrogens with zero attached hydrogens (tertiary/aromatic N) is 2. The van der Waals surface area contributed by atoms with Gasteiger partial charge in [-0.2, -0.15) is 0 Å². The minimum absolute atomic E-state index is 0.0749. The third-order valence-electron chi connectivity index (χ3n) is 4.70. The molecule has 1 heterocycles. The number of phenols is 1. The molecule has 0 radical (unpaired) electrons. The van der Waals surface area contributed by atoms with Crippen LogP contribution in [0.4, 0.5) is 5.69 Å². The topological polar surface area (TPSA) is 86.9 Å². The fraction of sp³-hybridized carbons (Fsp3) is 0.300. The van der Waals surface area contributed by atoms with Gasteiger partial charge in [0.25, 0.3) is 5.91 Å². The van der Waals surface area contributed by atoms with Crippen LogP contribution in [0.25, 0.3) is 0 Å². The van der Waals surface area contributed by atoms with Crippen molar-refractivity contribution >= 4 is 17.5 Å². The summed E-state index contributed by atoms with van der Waals surface area (Å²) in [6, 6.07) is 13.8. The van der Waals surface area contributed by atoms with Gasteiger partial charge in [-0.3, -0.25) is 9.59 Å². The lowest BCUT2D eigenvalue weighted by atomic mass is 10.1. The average molecular weight is 353 g/mol. The van der Waals surface area contributed by atoms with Crippen LogP contribution in [0.3, 0.4) is 0 Å². The van der Waals surface area contributed by atoms with E-state index in [1.165, 1.54) is 12.1 Å². The molecule has 6 nitrogen and oxygen atoms in total. The molecule has 0 bridgehead atoms. The number of carbonyl (C=O) groups is 2. The number of nitrogens with two attached hydrogens (primary N) is 1. The van der Waals surface area contributed by atoms with Gasteiger partial charge in [0.05, 0.1) is 0 Å². The quantitative estimate of drug-likeness (QED) is 0.822. The minimum atomic E-state index is -0.0749. The number of nitrogen functional groups attached to an aromatic ring is 1. The number of carbonyl (C=O) groups excluding carboxylic acids is 2. The van der Waals surface area contributed by atoms with Crippen LogP contribution in [-0.4, -0.2) is 52.9 Å². The fourth-order valence-electron chi connectivity index (χ4n) is 3.11. The highest BCUT2D eigenvalue weighted by atomic mass is 16.3. The lowest BCUT2D eigenvalue weighted by Gasteiger charge is -2.35. The zero-order chi connectivity index (χ0) is 18.5. The first kappa shape index (κ1) is 17.8. The molecule has 0 aromatic heterocycles. The van der Waals surface area contributed by atoms with Crippen molar-refractivity contribution in [1.29, 1.82) is 0 Å². The normalized spacial score (nSPS) is 14.3. The van der Waals surface area contributed by atoms with E-state index in [2.05, 4.69) is 0 Å². The highest BCUT2D eigenvalue weighted by Gasteiger charge is 2.24. The number of para-hydroxylation sites is 1. The Labute approximate surface area is 152 Å². The zero-order valence-electron chi connectivity index (χ0n) is 14.6. The minimum Gasteiger partial charge on any atom is -0.508 e. The van der Waals surface area contributed by atoms with Crippen molar-refractivity contribution in [3.8, 4) is 5.75 Å². The van der Waals surface area contributed by atoms with E-state index in [0.717, 1.165) is 5.56 Å². The first-order valence-electron chi connectivity index (χ1n) is 8.74. The van der Waals surface area contributed by atoms with Crippen LogP contribution in [0.15, 0.2) is 48.5 Å². The van der Waals surface area contributed by atoms with E-state index >= 15 is 0 Å². The number of amides is 2. The summed E-state index contributed by atoms with van der Waals surface area (Å²) in [5.74, 6) is 0.148. The Morgan fingerprint density at radius 1 is 0.923 bits per heavy atom. The highest BCUT2D eigenvalue weighted by molar-refractivity contribution is 5.94. The molecule has 0 aliphatic carbocycles. The smallest absolute Gasteiger partial charge is 0.253 e. The SMILES string of the molecule is Nc1ccccc1CCC(=O)N1CCN(C(=O)c2ccc(O)cc2)CC1. The predicted octanol–water partition coefficient (Wildman–Crippen LogP) is 1.89. The first-order chi connectivity index (χ1) is 12.5. The van der Waals surface area contributed by atoms with Gasteiger partial charge < -0.3 is 20.6 Å². The molecule has 136 valence electrons. The van der Waals surface area contributed by atoms with Crippen molar-refractivity contribution < 1.29 is 14.7 Å². The Balaban J connectivity index is 1.50. The monoisotopic (exact) mass is 353 g/mol. The van der Waals surface area contributed by atoms with Gasteiger partial charge in [0.2, 0.25) is 5.91 Å². The van der Waals surface area contributed by atoms with Crippen LogP contribution in [0, 0.1) is 0 Å². The zero-order valence-corrected chi connectivity index (χ0v) is 14.6. The molecule has 0 saturated carbocycles. The number of piperazine rings is 1. The van der Waals surface area contributed by atoms with Crippen LogP contribution in [-0.2, 0) is 11.2 Å². The van der Waals surface area contributed by atoms with Gasteiger partial charge in [-0.25, -0.2) is 0 Å². The maximum absolute atomic E-state index is 12.5. The summed E-state index contributed by atoms with van der Waals surface area (Å²) in [5, 5.41) is 9.32. The molecule has 1 aliphatic heterocycles. The number of aromatic hydroxyl groups is 1. The molecule has 1 aliphatic rings. The van der Waals surface area contributed by atoms with Gasteiger partial charge in [-0.05, 0) is 42.3 Å². The fourth-order valence-corrected chi connectivity index (χ4v) is 3.11. The summed E-state index contributed by atoms with van der Waals surface area (Å²) >= 11 is 0. The molecule has 2 amide bonds. The van der Waals surface area contributed by atoms with Crippen molar-refractivity contribution in [2.24, 2.45) is 0 Å². The average Bonchev–Trinajstić information content (AvgIpc) is 2.67. The number of anilines is 1. The number of phenolic OH excluding ortho intramolecular Hbond substituents is 1. The standard InChI is InChI=1S/C20H23N3O3/c21-18-4-2-1-3-15(18)7-10-19(25)22-11-13-23(14-12-22)20(26)16-5-8-17(24)9-6-16/h1-6,8-9,24H,7,10-14,21H2. The van der Waals surface area contributed by atoms with E-state index in [9.17, 15) is 14.7 Å². The molecule has 1 fully saturated rings. The van der Waals surface area contributed by atoms with Crippen molar-refractivity contribution in [2.75, 3.05) is 31.9 Å². The molecule has 2 aromatic rings. The number of aryl methyl sites for hydroxylation is 1. The molecule has 3 N–H and O–H groups in total. The molecule has 1 saturated heterocycles. The van der Waals surface area contributed by atoms with Crippen LogP contribution in [0.1, 0.15) is 22.3 Å². The van der Waals surface area contributed by atoms with E-state index < -0.39 is 0 Å². The molecular formula is C20H23N3O3. The van der Waals surface area contributed by atoms with Crippen molar-refractivity contribution in [1.82, 2.24) is 9.80 Å². The Morgan fingerprint density at radius 3 is 2.19 bits per heavy atom. The number of benzene rings is 2.